The average molecular weight is 218 g/mol. The van der Waals surface area contributed by atoms with Crippen LogP contribution in [0.3, 0.4) is 0 Å². The Morgan fingerprint density at radius 1 is 1.50 bits per heavy atom. The maximum Gasteiger partial charge on any atom is 0.253 e. The van der Waals surface area contributed by atoms with Crippen molar-refractivity contribution in [1.82, 2.24) is 19.6 Å². The number of aliphatic hydroxyl groups is 1. The fourth-order valence-corrected chi connectivity index (χ4v) is 1.26. The summed E-state index contributed by atoms with van der Waals surface area (Å²) in [5.74, 6) is 0.608. The monoisotopic (exact) mass is 218 g/mol. The summed E-state index contributed by atoms with van der Waals surface area (Å²) in [5, 5.41) is 13.3. The van der Waals surface area contributed by atoms with Gasteiger partial charge in [-0.25, -0.2) is 4.98 Å². The second-order valence-corrected chi connectivity index (χ2v) is 3.07. The van der Waals surface area contributed by atoms with Gasteiger partial charge in [-0.1, -0.05) is 13.2 Å². The predicted octanol–water partition coefficient (Wildman–Crippen LogP) is 1.27. The minimum absolute atomic E-state index is 0.143. The number of rotatable bonds is 3. The number of aromatic nitrogens is 4. The summed E-state index contributed by atoms with van der Waals surface area (Å²) in [5.41, 5.74) is 0.879. The number of aliphatic hydroxyl groups excluding tert-OH is 1. The van der Waals surface area contributed by atoms with Crippen LogP contribution in [0.15, 0.2) is 25.6 Å². The minimum atomic E-state index is -0.143. The predicted molar refractivity (Wildman–Crippen MR) is 58.5 cm³/mol. The third kappa shape index (κ3) is 1.50. The number of ether oxygens (including phenoxy) is 1. The molecule has 2 aromatic rings. The van der Waals surface area contributed by atoms with Crippen molar-refractivity contribution >= 4 is 17.3 Å². The van der Waals surface area contributed by atoms with E-state index in [0.717, 1.165) is 0 Å². The third-order valence-electron chi connectivity index (χ3n) is 2.08. The molecule has 0 saturated heterocycles. The minimum Gasteiger partial charge on any atom is -0.506 e. The second-order valence-electron chi connectivity index (χ2n) is 3.07. The number of hydrogen-bond donors (Lipinski definition) is 1. The molecule has 0 fully saturated rings. The molecule has 0 amide bonds. The summed E-state index contributed by atoms with van der Waals surface area (Å²) in [4.78, 5) is 7.99. The van der Waals surface area contributed by atoms with Gasteiger partial charge < -0.3 is 9.84 Å². The molecule has 2 heterocycles. The first-order chi connectivity index (χ1) is 7.63. The van der Waals surface area contributed by atoms with Crippen LogP contribution in [0.2, 0.25) is 0 Å². The van der Waals surface area contributed by atoms with E-state index in [1.165, 1.54) is 18.0 Å². The Hall–Kier alpha value is -2.37. The van der Waals surface area contributed by atoms with Crippen LogP contribution in [0.4, 0.5) is 0 Å². The van der Waals surface area contributed by atoms with E-state index >= 15 is 0 Å². The van der Waals surface area contributed by atoms with Gasteiger partial charge in [-0.3, -0.25) is 0 Å². The highest BCUT2D eigenvalue weighted by molar-refractivity contribution is 5.62. The first-order valence-electron chi connectivity index (χ1n) is 4.45. The van der Waals surface area contributed by atoms with E-state index in [0.29, 0.717) is 22.9 Å². The normalized spacial score (nSPS) is 10.3. The molecule has 0 saturated carbocycles. The Kier molecular flexibility index (Phi) is 2.32. The van der Waals surface area contributed by atoms with E-state index in [1.807, 2.05) is 0 Å². The lowest BCUT2D eigenvalue weighted by molar-refractivity contribution is 0.368. The molecular formula is C10H10N4O2. The molecule has 16 heavy (non-hydrogen) atoms. The van der Waals surface area contributed by atoms with Crippen LogP contribution in [0.1, 0.15) is 11.4 Å². The third-order valence-corrected chi connectivity index (χ3v) is 2.08. The molecule has 2 aromatic heterocycles. The van der Waals surface area contributed by atoms with E-state index < -0.39 is 0 Å². The summed E-state index contributed by atoms with van der Waals surface area (Å²) in [6.07, 6.45) is 1.36. The Bertz CT molecular complexity index is 573. The molecule has 6 nitrogen and oxygen atoms in total. The van der Waals surface area contributed by atoms with Gasteiger partial charge in [0.25, 0.3) is 5.78 Å². The van der Waals surface area contributed by atoms with E-state index in [1.54, 1.807) is 6.07 Å². The van der Waals surface area contributed by atoms with Crippen molar-refractivity contribution in [3.05, 3.63) is 36.9 Å². The van der Waals surface area contributed by atoms with Crippen molar-refractivity contribution in [3.63, 3.8) is 0 Å². The van der Waals surface area contributed by atoms with Gasteiger partial charge in [-0.15, -0.1) is 0 Å². The van der Waals surface area contributed by atoms with Crippen LogP contribution in [-0.2, 0) is 4.74 Å². The van der Waals surface area contributed by atoms with Crippen molar-refractivity contribution in [2.45, 2.75) is 0 Å². The zero-order chi connectivity index (χ0) is 11.7. The van der Waals surface area contributed by atoms with E-state index in [-0.39, 0.29) is 5.76 Å². The van der Waals surface area contributed by atoms with Crippen molar-refractivity contribution in [2.24, 2.45) is 0 Å². The molecule has 0 aromatic carbocycles. The Morgan fingerprint density at radius 2 is 2.25 bits per heavy atom. The number of nitrogens with zero attached hydrogens (tertiary/aromatic N) is 4. The lowest BCUT2D eigenvalue weighted by Gasteiger charge is -2.07. The molecule has 6 heteroatoms. The summed E-state index contributed by atoms with van der Waals surface area (Å²) in [7, 11) is 1.50. The zero-order valence-corrected chi connectivity index (χ0v) is 8.71. The quantitative estimate of drug-likeness (QED) is 0.785. The van der Waals surface area contributed by atoms with Crippen molar-refractivity contribution < 1.29 is 9.84 Å². The maximum atomic E-state index is 9.31. The van der Waals surface area contributed by atoms with Crippen molar-refractivity contribution in [3.8, 4) is 0 Å². The SMILES string of the molecule is C=C(O)c1cc(C(=C)OC)n2ncnc2n1. The first-order valence-corrected chi connectivity index (χ1v) is 4.45. The smallest absolute Gasteiger partial charge is 0.253 e. The lowest BCUT2D eigenvalue weighted by atomic mass is 10.2. The van der Waals surface area contributed by atoms with Gasteiger partial charge >= 0.3 is 0 Å². The highest BCUT2D eigenvalue weighted by atomic mass is 16.5. The van der Waals surface area contributed by atoms with Gasteiger partial charge in [0.15, 0.2) is 0 Å². The fourth-order valence-electron chi connectivity index (χ4n) is 1.26. The van der Waals surface area contributed by atoms with E-state index in [4.69, 9.17) is 4.74 Å². The Morgan fingerprint density at radius 3 is 2.88 bits per heavy atom. The van der Waals surface area contributed by atoms with Gasteiger partial charge in [0, 0.05) is 0 Å². The summed E-state index contributed by atoms with van der Waals surface area (Å²) >= 11 is 0. The van der Waals surface area contributed by atoms with Gasteiger partial charge in [0.05, 0.1) is 7.11 Å². The standard InChI is InChI=1S/C10H10N4O2/c1-6(15)8-4-9(7(2)16-3)14-10(13-8)11-5-12-14/h4-5,15H,1-2H2,3H3. The van der Waals surface area contributed by atoms with Crippen LogP contribution < -0.4 is 0 Å². The average Bonchev–Trinajstić information content (AvgIpc) is 2.74. The first kappa shape index (κ1) is 10.2. The van der Waals surface area contributed by atoms with Crippen molar-refractivity contribution in [1.29, 1.82) is 0 Å². The molecule has 0 aliphatic rings. The van der Waals surface area contributed by atoms with Crippen LogP contribution >= 0.6 is 0 Å². The number of methoxy groups -OCH3 is 1. The van der Waals surface area contributed by atoms with Crippen LogP contribution in [-0.4, -0.2) is 31.8 Å². The van der Waals surface area contributed by atoms with Crippen LogP contribution in [0.5, 0.6) is 0 Å². The molecule has 0 spiro atoms. The largest absolute Gasteiger partial charge is 0.506 e. The highest BCUT2D eigenvalue weighted by Crippen LogP contribution is 2.17. The molecule has 0 aliphatic heterocycles. The molecule has 0 unspecified atom stereocenters. The summed E-state index contributed by atoms with van der Waals surface area (Å²) in [6.45, 7) is 7.13. The molecule has 0 atom stereocenters. The molecular weight excluding hydrogens is 208 g/mol. The van der Waals surface area contributed by atoms with Gasteiger partial charge in [0.1, 0.15) is 29.2 Å². The maximum absolute atomic E-state index is 9.31. The lowest BCUT2D eigenvalue weighted by Crippen LogP contribution is -2.03. The van der Waals surface area contributed by atoms with Gasteiger partial charge in [0.2, 0.25) is 0 Å². The fraction of sp³-hybridized carbons (Fsp3) is 0.100. The number of fused-ring (bicyclic) bond motifs is 1. The molecule has 0 radical (unpaired) electrons. The summed E-state index contributed by atoms with van der Waals surface area (Å²) < 4.78 is 6.50. The topological polar surface area (TPSA) is 72.5 Å². The van der Waals surface area contributed by atoms with E-state index in [9.17, 15) is 5.11 Å². The van der Waals surface area contributed by atoms with Crippen molar-refractivity contribution in [2.75, 3.05) is 7.11 Å². The second kappa shape index (κ2) is 3.65. The van der Waals surface area contributed by atoms with Crippen LogP contribution in [0.25, 0.3) is 17.3 Å². The highest BCUT2D eigenvalue weighted by Gasteiger charge is 2.11. The molecule has 2 rings (SSSR count). The Labute approximate surface area is 91.5 Å². The van der Waals surface area contributed by atoms with Gasteiger partial charge in [-0.05, 0) is 6.07 Å². The Balaban J connectivity index is 2.73. The summed E-state index contributed by atoms with van der Waals surface area (Å²) in [6, 6.07) is 1.58. The van der Waals surface area contributed by atoms with Gasteiger partial charge in [-0.2, -0.15) is 14.6 Å². The molecule has 1 N–H and O–H groups in total. The molecule has 0 bridgehead atoms. The molecule has 0 aliphatic carbocycles. The number of hydrogen-bond acceptors (Lipinski definition) is 5. The molecule has 82 valence electrons. The zero-order valence-electron chi connectivity index (χ0n) is 8.71. The van der Waals surface area contributed by atoms with E-state index in [2.05, 4.69) is 28.2 Å². The van der Waals surface area contributed by atoms with Crippen LogP contribution in [0, 0.1) is 0 Å².